The zero-order chi connectivity index (χ0) is 13.5. The Morgan fingerprint density at radius 3 is 2.72 bits per heavy atom. The summed E-state index contributed by atoms with van der Waals surface area (Å²) < 4.78 is 30.5. The Balaban J connectivity index is 2.43. The molecule has 0 amide bonds. The van der Waals surface area contributed by atoms with Gasteiger partial charge in [0.05, 0.1) is 6.61 Å². The Hall–Kier alpha value is -1.49. The van der Waals surface area contributed by atoms with Gasteiger partial charge in [0.2, 0.25) is 0 Å². The highest BCUT2D eigenvalue weighted by atomic mass is 19.2. The molecule has 2 N–H and O–H groups in total. The first kappa shape index (κ1) is 14.6. The van der Waals surface area contributed by atoms with E-state index in [1.807, 2.05) is 0 Å². The van der Waals surface area contributed by atoms with Crippen LogP contribution in [0.15, 0.2) is 18.2 Å². The molecule has 1 aromatic rings. The fourth-order valence-electron chi connectivity index (χ4n) is 1.61. The molecular weight excluding hydrogens is 240 g/mol. The predicted molar refractivity (Wildman–Crippen MR) is 63.8 cm³/mol. The molecule has 100 valence electrons. The van der Waals surface area contributed by atoms with Gasteiger partial charge >= 0.3 is 5.97 Å². The molecule has 1 rings (SSSR count). The second kappa shape index (κ2) is 7.06. The Labute approximate surface area is 105 Å². The van der Waals surface area contributed by atoms with Gasteiger partial charge in [-0.25, -0.2) is 8.78 Å². The van der Waals surface area contributed by atoms with Crippen LogP contribution in [0.5, 0.6) is 0 Å². The number of carbonyl (C=O) groups excluding carboxylic acids is 1. The summed E-state index contributed by atoms with van der Waals surface area (Å²) in [7, 11) is 0. The third-order valence-corrected chi connectivity index (χ3v) is 2.57. The number of ether oxygens (including phenoxy) is 1. The van der Waals surface area contributed by atoms with E-state index in [0.29, 0.717) is 25.0 Å². The average Bonchev–Trinajstić information content (AvgIpc) is 2.33. The molecule has 5 heteroatoms. The standard InChI is InChI=1S/C13H17F2NO2/c1-2-18-13(17)5-3-4-12(16)9-6-7-10(14)11(15)8-9/h6-8,12H,2-5,16H2,1H3. The van der Waals surface area contributed by atoms with Crippen molar-refractivity contribution in [3.05, 3.63) is 35.4 Å². The maximum atomic E-state index is 13.0. The molecule has 0 saturated heterocycles. The monoisotopic (exact) mass is 257 g/mol. The van der Waals surface area contributed by atoms with Gasteiger partial charge in [-0.1, -0.05) is 6.07 Å². The maximum absolute atomic E-state index is 13.0. The first-order valence-corrected chi connectivity index (χ1v) is 5.90. The van der Waals surface area contributed by atoms with Gasteiger partial charge in [-0.3, -0.25) is 4.79 Å². The van der Waals surface area contributed by atoms with Gasteiger partial charge in [0, 0.05) is 12.5 Å². The van der Waals surface area contributed by atoms with Crippen LogP contribution in [-0.2, 0) is 9.53 Å². The molecule has 0 aliphatic carbocycles. The number of benzene rings is 1. The van der Waals surface area contributed by atoms with Crippen molar-refractivity contribution in [1.29, 1.82) is 0 Å². The van der Waals surface area contributed by atoms with Crippen molar-refractivity contribution in [2.75, 3.05) is 6.61 Å². The number of rotatable bonds is 6. The molecule has 0 saturated carbocycles. The smallest absolute Gasteiger partial charge is 0.305 e. The third kappa shape index (κ3) is 4.41. The molecule has 1 unspecified atom stereocenters. The first-order valence-electron chi connectivity index (χ1n) is 5.90. The van der Waals surface area contributed by atoms with E-state index in [9.17, 15) is 13.6 Å². The predicted octanol–water partition coefficient (Wildman–Crippen LogP) is 2.70. The van der Waals surface area contributed by atoms with Gasteiger partial charge in [0.1, 0.15) is 0 Å². The van der Waals surface area contributed by atoms with Crippen molar-refractivity contribution in [3.8, 4) is 0 Å². The largest absolute Gasteiger partial charge is 0.466 e. The molecule has 0 fully saturated rings. The summed E-state index contributed by atoms with van der Waals surface area (Å²) in [5.74, 6) is -2.07. The van der Waals surface area contributed by atoms with E-state index in [-0.39, 0.29) is 12.4 Å². The van der Waals surface area contributed by atoms with E-state index in [1.54, 1.807) is 6.92 Å². The zero-order valence-corrected chi connectivity index (χ0v) is 10.3. The van der Waals surface area contributed by atoms with Crippen LogP contribution < -0.4 is 5.73 Å². The normalized spacial score (nSPS) is 12.2. The van der Waals surface area contributed by atoms with Crippen LogP contribution in [0.25, 0.3) is 0 Å². The quantitative estimate of drug-likeness (QED) is 0.797. The number of carbonyl (C=O) groups is 1. The molecule has 1 atom stereocenters. The maximum Gasteiger partial charge on any atom is 0.305 e. The second-order valence-corrected chi connectivity index (χ2v) is 3.98. The van der Waals surface area contributed by atoms with E-state index >= 15 is 0 Å². The molecule has 0 spiro atoms. The fraction of sp³-hybridized carbons (Fsp3) is 0.462. The number of halogens is 2. The molecule has 1 aromatic carbocycles. The van der Waals surface area contributed by atoms with Crippen LogP contribution in [0.3, 0.4) is 0 Å². The lowest BCUT2D eigenvalue weighted by atomic mass is 10.0. The van der Waals surface area contributed by atoms with E-state index < -0.39 is 17.7 Å². The van der Waals surface area contributed by atoms with Crippen LogP contribution >= 0.6 is 0 Å². The van der Waals surface area contributed by atoms with Crippen LogP contribution in [0.4, 0.5) is 8.78 Å². The minimum Gasteiger partial charge on any atom is -0.466 e. The van der Waals surface area contributed by atoms with Crippen molar-refractivity contribution >= 4 is 5.97 Å². The minimum atomic E-state index is -0.909. The highest BCUT2D eigenvalue weighted by molar-refractivity contribution is 5.69. The Bertz CT molecular complexity index is 410. The first-order chi connectivity index (χ1) is 8.54. The Kier molecular flexibility index (Phi) is 5.71. The highest BCUT2D eigenvalue weighted by Crippen LogP contribution is 2.19. The second-order valence-electron chi connectivity index (χ2n) is 3.98. The lowest BCUT2D eigenvalue weighted by Gasteiger charge is -2.11. The molecule has 0 heterocycles. The number of nitrogens with two attached hydrogens (primary N) is 1. The van der Waals surface area contributed by atoms with Crippen LogP contribution in [0.2, 0.25) is 0 Å². The average molecular weight is 257 g/mol. The molecule has 0 bridgehead atoms. The topological polar surface area (TPSA) is 52.3 Å². The summed E-state index contributed by atoms with van der Waals surface area (Å²) in [4.78, 5) is 11.1. The summed E-state index contributed by atoms with van der Waals surface area (Å²) in [6.45, 7) is 2.10. The summed E-state index contributed by atoms with van der Waals surface area (Å²) in [5.41, 5.74) is 6.36. The van der Waals surface area contributed by atoms with E-state index in [2.05, 4.69) is 0 Å². The summed E-state index contributed by atoms with van der Waals surface area (Å²) in [5, 5.41) is 0. The van der Waals surface area contributed by atoms with Crippen molar-refractivity contribution in [2.45, 2.75) is 32.2 Å². The van der Waals surface area contributed by atoms with Gasteiger partial charge in [-0.15, -0.1) is 0 Å². The van der Waals surface area contributed by atoms with Crippen molar-refractivity contribution < 1.29 is 18.3 Å². The lowest BCUT2D eigenvalue weighted by molar-refractivity contribution is -0.143. The molecular formula is C13H17F2NO2. The summed E-state index contributed by atoms with van der Waals surface area (Å²) in [6.07, 6.45) is 1.36. The number of hydrogen-bond donors (Lipinski definition) is 1. The minimum absolute atomic E-state index is 0.269. The van der Waals surface area contributed by atoms with Gasteiger partial charge < -0.3 is 10.5 Å². The van der Waals surface area contributed by atoms with Crippen LogP contribution in [-0.4, -0.2) is 12.6 Å². The van der Waals surface area contributed by atoms with Crippen molar-refractivity contribution in [2.24, 2.45) is 5.73 Å². The zero-order valence-electron chi connectivity index (χ0n) is 10.3. The molecule has 18 heavy (non-hydrogen) atoms. The SMILES string of the molecule is CCOC(=O)CCCC(N)c1ccc(F)c(F)c1. The number of hydrogen-bond acceptors (Lipinski definition) is 3. The molecule has 0 aliphatic heterocycles. The van der Waals surface area contributed by atoms with Gasteiger partial charge in [0.25, 0.3) is 0 Å². The summed E-state index contributed by atoms with van der Waals surface area (Å²) >= 11 is 0. The van der Waals surface area contributed by atoms with E-state index in [4.69, 9.17) is 10.5 Å². The molecule has 0 radical (unpaired) electrons. The number of esters is 1. The van der Waals surface area contributed by atoms with Gasteiger partial charge in [-0.05, 0) is 37.5 Å². The van der Waals surface area contributed by atoms with E-state index in [1.165, 1.54) is 6.07 Å². The Morgan fingerprint density at radius 2 is 2.11 bits per heavy atom. The van der Waals surface area contributed by atoms with Gasteiger partial charge in [-0.2, -0.15) is 0 Å². The van der Waals surface area contributed by atoms with Crippen LogP contribution in [0, 0.1) is 11.6 Å². The third-order valence-electron chi connectivity index (χ3n) is 2.57. The Morgan fingerprint density at radius 1 is 1.39 bits per heavy atom. The lowest BCUT2D eigenvalue weighted by Crippen LogP contribution is -2.12. The molecule has 0 aliphatic rings. The molecule has 3 nitrogen and oxygen atoms in total. The highest BCUT2D eigenvalue weighted by Gasteiger charge is 2.10. The molecule has 0 aromatic heterocycles. The summed E-state index contributed by atoms with van der Waals surface area (Å²) in [6, 6.07) is 3.18. The van der Waals surface area contributed by atoms with Crippen molar-refractivity contribution in [1.82, 2.24) is 0 Å². The van der Waals surface area contributed by atoms with Crippen molar-refractivity contribution in [3.63, 3.8) is 0 Å². The van der Waals surface area contributed by atoms with E-state index in [0.717, 1.165) is 12.1 Å². The van der Waals surface area contributed by atoms with Crippen LogP contribution in [0.1, 0.15) is 37.8 Å². The fourth-order valence-corrected chi connectivity index (χ4v) is 1.61. The van der Waals surface area contributed by atoms with Gasteiger partial charge in [0.15, 0.2) is 11.6 Å².